The zero-order chi connectivity index (χ0) is 20.7. The third-order valence-electron chi connectivity index (χ3n) is 3.80. The van der Waals surface area contributed by atoms with Crippen LogP contribution in [0.1, 0.15) is 0 Å². The molecule has 1 aliphatic rings. The van der Waals surface area contributed by atoms with Gasteiger partial charge in [0.05, 0.1) is 12.3 Å². The molecule has 0 radical (unpaired) electrons. The molecule has 0 unspecified atom stereocenters. The molecule has 0 bridgehead atoms. The summed E-state index contributed by atoms with van der Waals surface area (Å²) >= 11 is 0. The van der Waals surface area contributed by atoms with Gasteiger partial charge in [0.15, 0.2) is 5.75 Å². The summed E-state index contributed by atoms with van der Waals surface area (Å²) in [6.45, 7) is -3.06. The molecule has 1 aliphatic heterocycles. The second kappa shape index (κ2) is 9.80. The number of hydrogen-bond acceptors (Lipinski definition) is 6. The van der Waals surface area contributed by atoms with E-state index in [1.165, 1.54) is 24.1 Å². The normalized spacial score (nSPS) is 15.2. The number of amides is 4. The summed E-state index contributed by atoms with van der Waals surface area (Å²) in [6.07, 6.45) is 0. The number of anilines is 2. The van der Waals surface area contributed by atoms with Gasteiger partial charge in [0.2, 0.25) is 5.91 Å². The van der Waals surface area contributed by atoms with Crippen molar-refractivity contribution in [3.63, 3.8) is 0 Å². The van der Waals surface area contributed by atoms with E-state index < -0.39 is 30.5 Å². The SMILES string of the molecule is CNC(=O)N[C@@H](CN)C(=O)Nc1ccc(N2CCOCC2=O)c(OC(F)F)c1. The highest BCUT2D eigenvalue weighted by Crippen LogP contribution is 2.33. The first-order valence-electron chi connectivity index (χ1n) is 8.31. The number of carbonyl (C=O) groups excluding carboxylic acids is 3. The lowest BCUT2D eigenvalue weighted by molar-refractivity contribution is -0.125. The Bertz CT molecular complexity index is 733. The van der Waals surface area contributed by atoms with E-state index in [1.54, 1.807) is 0 Å². The molecule has 1 aromatic rings. The van der Waals surface area contributed by atoms with Crippen molar-refractivity contribution in [3.8, 4) is 5.75 Å². The van der Waals surface area contributed by atoms with Crippen molar-refractivity contribution in [3.05, 3.63) is 18.2 Å². The average Bonchev–Trinajstić information content (AvgIpc) is 2.66. The second-order valence-corrected chi connectivity index (χ2v) is 5.66. The van der Waals surface area contributed by atoms with Crippen LogP contribution in [0.5, 0.6) is 5.75 Å². The van der Waals surface area contributed by atoms with Gasteiger partial charge in [-0.25, -0.2) is 4.79 Å². The Balaban J connectivity index is 2.22. The molecular formula is C16H21F2N5O5. The number of hydrogen-bond donors (Lipinski definition) is 4. The van der Waals surface area contributed by atoms with Gasteiger partial charge in [0.1, 0.15) is 12.6 Å². The lowest BCUT2D eigenvalue weighted by Gasteiger charge is -2.28. The summed E-state index contributed by atoms with van der Waals surface area (Å²) in [5, 5.41) is 7.10. The van der Waals surface area contributed by atoms with E-state index in [0.717, 1.165) is 6.07 Å². The van der Waals surface area contributed by atoms with E-state index in [2.05, 4.69) is 20.7 Å². The number of rotatable bonds is 7. The molecule has 154 valence electrons. The number of benzene rings is 1. The van der Waals surface area contributed by atoms with E-state index in [-0.39, 0.29) is 43.4 Å². The number of halogens is 2. The smallest absolute Gasteiger partial charge is 0.387 e. The van der Waals surface area contributed by atoms with E-state index in [0.29, 0.717) is 0 Å². The quantitative estimate of drug-likeness (QED) is 0.502. The maximum atomic E-state index is 12.8. The molecule has 5 N–H and O–H groups in total. The monoisotopic (exact) mass is 401 g/mol. The molecule has 1 fully saturated rings. The summed E-state index contributed by atoms with van der Waals surface area (Å²) < 4.78 is 35.2. The third-order valence-corrected chi connectivity index (χ3v) is 3.80. The Morgan fingerprint density at radius 1 is 1.39 bits per heavy atom. The fourth-order valence-corrected chi connectivity index (χ4v) is 2.47. The Kier molecular flexibility index (Phi) is 7.46. The summed E-state index contributed by atoms with van der Waals surface area (Å²) in [5.41, 5.74) is 5.74. The van der Waals surface area contributed by atoms with Crippen LogP contribution >= 0.6 is 0 Å². The van der Waals surface area contributed by atoms with Crippen molar-refractivity contribution >= 4 is 29.2 Å². The molecule has 0 spiro atoms. The zero-order valence-corrected chi connectivity index (χ0v) is 15.0. The Labute approximate surface area is 159 Å². The van der Waals surface area contributed by atoms with Crippen molar-refractivity contribution in [2.75, 3.05) is 43.6 Å². The molecule has 0 aliphatic carbocycles. The van der Waals surface area contributed by atoms with E-state index in [4.69, 9.17) is 10.5 Å². The lowest BCUT2D eigenvalue weighted by Crippen LogP contribution is -2.50. The van der Waals surface area contributed by atoms with Gasteiger partial charge in [-0.3, -0.25) is 9.59 Å². The van der Waals surface area contributed by atoms with E-state index in [1.807, 2.05) is 0 Å². The Hall–Kier alpha value is -2.99. The molecule has 4 amide bonds. The molecule has 10 nitrogen and oxygen atoms in total. The van der Waals surface area contributed by atoms with Crippen LogP contribution in [0.25, 0.3) is 0 Å². The van der Waals surface area contributed by atoms with Gasteiger partial charge < -0.3 is 36.1 Å². The number of nitrogens with zero attached hydrogens (tertiary/aromatic N) is 1. The third kappa shape index (κ3) is 5.50. The molecule has 12 heteroatoms. The van der Waals surface area contributed by atoms with Crippen molar-refractivity contribution in [1.29, 1.82) is 0 Å². The van der Waals surface area contributed by atoms with Crippen LogP contribution in [0, 0.1) is 0 Å². The van der Waals surface area contributed by atoms with Crippen molar-refractivity contribution in [1.82, 2.24) is 10.6 Å². The standard InChI is InChI=1S/C16H21F2N5O5/c1-20-16(26)22-10(7-19)14(25)21-9-2-3-11(12(6-9)28-15(17)18)23-4-5-27-8-13(23)24/h2-3,6,10,15H,4-5,7-8,19H2,1H3,(H,21,25)(H2,20,22,26)/t10-/m0/s1. The van der Waals surface area contributed by atoms with Gasteiger partial charge in [0.25, 0.3) is 5.91 Å². The molecule has 28 heavy (non-hydrogen) atoms. The fraction of sp³-hybridized carbons (Fsp3) is 0.438. The van der Waals surface area contributed by atoms with Crippen molar-refractivity contribution in [2.24, 2.45) is 5.73 Å². The minimum absolute atomic E-state index is 0.127. The molecule has 2 rings (SSSR count). The molecule has 0 saturated carbocycles. The molecular weight excluding hydrogens is 380 g/mol. The summed E-state index contributed by atoms with van der Waals surface area (Å²) in [7, 11) is 1.38. The predicted octanol–water partition coefficient (Wildman–Crippen LogP) is -0.154. The number of nitrogens with one attached hydrogen (secondary N) is 3. The van der Waals surface area contributed by atoms with Crippen LogP contribution in [0.3, 0.4) is 0 Å². The fourth-order valence-electron chi connectivity index (χ4n) is 2.47. The minimum Gasteiger partial charge on any atom is -0.433 e. The molecule has 1 saturated heterocycles. The van der Waals surface area contributed by atoms with Crippen LogP contribution in [-0.2, 0) is 14.3 Å². The number of carbonyl (C=O) groups is 3. The van der Waals surface area contributed by atoms with Gasteiger partial charge in [0, 0.05) is 31.9 Å². The van der Waals surface area contributed by atoms with Crippen LogP contribution in [0.4, 0.5) is 25.0 Å². The lowest BCUT2D eigenvalue weighted by atomic mass is 10.2. The number of nitrogens with two attached hydrogens (primary N) is 1. The zero-order valence-electron chi connectivity index (χ0n) is 15.0. The van der Waals surface area contributed by atoms with Gasteiger partial charge in [-0.2, -0.15) is 8.78 Å². The highest BCUT2D eigenvalue weighted by Gasteiger charge is 2.25. The van der Waals surface area contributed by atoms with E-state index in [9.17, 15) is 23.2 Å². The van der Waals surface area contributed by atoms with Gasteiger partial charge in [-0.1, -0.05) is 0 Å². The topological polar surface area (TPSA) is 135 Å². The van der Waals surface area contributed by atoms with Crippen LogP contribution < -0.4 is 31.3 Å². The molecule has 1 atom stereocenters. The van der Waals surface area contributed by atoms with E-state index >= 15 is 0 Å². The highest BCUT2D eigenvalue weighted by atomic mass is 19.3. The van der Waals surface area contributed by atoms with Crippen molar-refractivity contribution in [2.45, 2.75) is 12.7 Å². The minimum atomic E-state index is -3.13. The number of alkyl halides is 2. The van der Waals surface area contributed by atoms with Crippen LogP contribution in [-0.4, -0.2) is 63.8 Å². The van der Waals surface area contributed by atoms with Gasteiger partial charge >= 0.3 is 12.6 Å². The largest absolute Gasteiger partial charge is 0.433 e. The molecule has 1 heterocycles. The Morgan fingerprint density at radius 3 is 2.75 bits per heavy atom. The van der Waals surface area contributed by atoms with Gasteiger partial charge in [-0.15, -0.1) is 0 Å². The first-order valence-corrected chi connectivity index (χ1v) is 8.31. The first kappa shape index (κ1) is 21.3. The second-order valence-electron chi connectivity index (χ2n) is 5.66. The van der Waals surface area contributed by atoms with Crippen molar-refractivity contribution < 1.29 is 32.6 Å². The summed E-state index contributed by atoms with van der Waals surface area (Å²) in [5.74, 6) is -1.34. The van der Waals surface area contributed by atoms with Crippen LogP contribution in [0.15, 0.2) is 18.2 Å². The maximum absolute atomic E-state index is 12.8. The number of urea groups is 1. The Morgan fingerprint density at radius 2 is 2.14 bits per heavy atom. The summed E-state index contributed by atoms with van der Waals surface area (Å²) in [4.78, 5) is 36.9. The number of ether oxygens (including phenoxy) is 2. The maximum Gasteiger partial charge on any atom is 0.387 e. The molecule has 1 aromatic carbocycles. The summed E-state index contributed by atoms with van der Waals surface area (Å²) in [6, 6.07) is 2.31. The average molecular weight is 401 g/mol. The van der Waals surface area contributed by atoms with Crippen LogP contribution in [0.2, 0.25) is 0 Å². The highest BCUT2D eigenvalue weighted by molar-refractivity contribution is 5.99. The van der Waals surface area contributed by atoms with Gasteiger partial charge in [-0.05, 0) is 12.1 Å². The predicted molar refractivity (Wildman–Crippen MR) is 95.3 cm³/mol. The number of morpholine rings is 1. The molecule has 0 aromatic heterocycles. The first-order chi connectivity index (χ1) is 13.3.